The van der Waals surface area contributed by atoms with Crippen molar-refractivity contribution in [2.24, 2.45) is 0 Å². The normalized spacial score (nSPS) is 7.80. The summed E-state index contributed by atoms with van der Waals surface area (Å²) in [7, 11) is 0. The topological polar surface area (TPSA) is 0 Å². The lowest BCUT2D eigenvalue weighted by Crippen LogP contribution is -1.72. The van der Waals surface area contributed by atoms with Gasteiger partial charge in [0.2, 0.25) is 0 Å². The molecule has 0 rings (SSSR count). The Balaban J connectivity index is 4.03. The summed E-state index contributed by atoms with van der Waals surface area (Å²) in [5, 5.41) is 0. The molecule has 0 heteroatoms. The highest BCUT2D eigenvalue weighted by molar-refractivity contribution is 5.18. The third-order valence-corrected chi connectivity index (χ3v) is 1.20. The zero-order valence-electron chi connectivity index (χ0n) is 6.78. The molecule has 0 spiro atoms. The lowest BCUT2D eigenvalue weighted by molar-refractivity contribution is 1.23. The van der Waals surface area contributed by atoms with Crippen molar-refractivity contribution in [2.75, 3.05) is 0 Å². The Morgan fingerprint density at radius 2 is 2.10 bits per heavy atom. The average molecular weight is 134 g/mol. The van der Waals surface area contributed by atoms with Gasteiger partial charge in [-0.1, -0.05) is 30.9 Å². The number of rotatable bonds is 3. The maximum atomic E-state index is 3.64. The third-order valence-electron chi connectivity index (χ3n) is 1.20. The molecule has 0 aliphatic carbocycles. The van der Waals surface area contributed by atoms with E-state index in [-0.39, 0.29) is 0 Å². The van der Waals surface area contributed by atoms with Gasteiger partial charge in [-0.25, -0.2) is 0 Å². The molecule has 0 nitrogen and oxygen atoms in total. The first-order valence-corrected chi connectivity index (χ1v) is 3.35. The Hall–Kier alpha value is -1.00. The molecule has 10 heavy (non-hydrogen) atoms. The molecule has 0 aliphatic rings. The largest absolute Gasteiger partial charge is 0.125 e. The highest BCUT2D eigenvalue weighted by Gasteiger charge is 1.84. The summed E-state index contributed by atoms with van der Waals surface area (Å²) in [6.07, 6.45) is 4.82. The van der Waals surface area contributed by atoms with Crippen molar-refractivity contribution in [3.8, 4) is 0 Å². The van der Waals surface area contributed by atoms with Crippen molar-refractivity contribution >= 4 is 0 Å². The summed E-state index contributed by atoms with van der Waals surface area (Å²) >= 11 is 0. The van der Waals surface area contributed by atoms with Crippen molar-refractivity contribution in [1.82, 2.24) is 0 Å². The van der Waals surface area contributed by atoms with Gasteiger partial charge in [0.1, 0.15) is 0 Å². The van der Waals surface area contributed by atoms with Gasteiger partial charge in [0.15, 0.2) is 0 Å². The van der Waals surface area contributed by atoms with Gasteiger partial charge >= 0.3 is 0 Å². The van der Waals surface area contributed by atoms with Crippen LogP contribution < -0.4 is 0 Å². The molecule has 0 amide bonds. The van der Waals surface area contributed by atoms with Gasteiger partial charge in [0, 0.05) is 0 Å². The van der Waals surface area contributed by atoms with Crippen LogP contribution in [0.4, 0.5) is 0 Å². The quantitative estimate of drug-likeness (QED) is 0.316. The summed E-state index contributed by atoms with van der Waals surface area (Å²) in [5.41, 5.74) is 5.18. The van der Waals surface area contributed by atoms with Crippen LogP contribution in [0.15, 0.2) is 42.2 Å². The second-order valence-electron chi connectivity index (χ2n) is 2.39. The summed E-state index contributed by atoms with van der Waals surface area (Å²) in [5.74, 6) is 0. The smallest absolute Gasteiger partial charge is 0.00217 e. The van der Waals surface area contributed by atoms with E-state index >= 15 is 0 Å². The number of allylic oxidation sites excluding steroid dienone is 4. The van der Waals surface area contributed by atoms with E-state index in [9.17, 15) is 0 Å². The van der Waals surface area contributed by atoms with Crippen molar-refractivity contribution in [1.29, 1.82) is 0 Å². The average Bonchev–Trinajstić information content (AvgIpc) is 1.90. The van der Waals surface area contributed by atoms with Gasteiger partial charge in [0.25, 0.3) is 0 Å². The van der Waals surface area contributed by atoms with Gasteiger partial charge in [-0.15, -0.1) is 5.73 Å². The van der Waals surface area contributed by atoms with E-state index < -0.39 is 0 Å². The van der Waals surface area contributed by atoms with Crippen LogP contribution in [0.5, 0.6) is 0 Å². The Morgan fingerprint density at radius 1 is 1.50 bits per heavy atom. The van der Waals surface area contributed by atoms with E-state index in [1.807, 2.05) is 0 Å². The molecule has 0 aliphatic heterocycles. The highest BCUT2D eigenvalue weighted by Crippen LogP contribution is 2.03. The lowest BCUT2D eigenvalue weighted by atomic mass is 10.1. The molecule has 0 unspecified atom stereocenters. The van der Waals surface area contributed by atoms with Crippen LogP contribution in [0, 0.1) is 0 Å². The summed E-state index contributed by atoms with van der Waals surface area (Å²) in [6.45, 7) is 11.3. The van der Waals surface area contributed by atoms with E-state index in [1.165, 1.54) is 5.57 Å². The van der Waals surface area contributed by atoms with Crippen molar-refractivity contribution in [3.05, 3.63) is 42.2 Å². The maximum Gasteiger partial charge on any atom is -0.00217 e. The molecule has 0 N–H and O–H groups in total. The summed E-state index contributed by atoms with van der Waals surface area (Å²) in [4.78, 5) is 0. The van der Waals surface area contributed by atoms with Gasteiger partial charge in [-0.3, -0.25) is 0 Å². The predicted octanol–water partition coefficient (Wildman–Crippen LogP) is 3.24. The van der Waals surface area contributed by atoms with E-state index in [4.69, 9.17) is 0 Å². The second-order valence-corrected chi connectivity index (χ2v) is 2.39. The molecular formula is C10H14. The fraction of sp³-hybridized carbons (Fsp3) is 0.300. The number of hydrogen-bond donors (Lipinski definition) is 0. The first-order valence-electron chi connectivity index (χ1n) is 3.35. The summed E-state index contributed by atoms with van der Waals surface area (Å²) < 4.78 is 0. The Labute approximate surface area is 63.3 Å². The van der Waals surface area contributed by atoms with Crippen molar-refractivity contribution < 1.29 is 0 Å². The lowest BCUT2D eigenvalue weighted by Gasteiger charge is -1.91. The van der Waals surface area contributed by atoms with Crippen LogP contribution in [-0.2, 0) is 0 Å². The minimum atomic E-state index is 0.898. The maximum absolute atomic E-state index is 3.64. The first kappa shape index (κ1) is 9.00. The van der Waals surface area contributed by atoms with Crippen LogP contribution in [0.3, 0.4) is 0 Å². The summed E-state index contributed by atoms with van der Waals surface area (Å²) in [6, 6.07) is 0. The Kier molecular flexibility index (Phi) is 4.36. The van der Waals surface area contributed by atoms with E-state index in [1.54, 1.807) is 6.08 Å². The molecule has 0 saturated carbocycles. The van der Waals surface area contributed by atoms with Crippen LogP contribution in [0.25, 0.3) is 0 Å². The molecule has 0 saturated heterocycles. The van der Waals surface area contributed by atoms with Gasteiger partial charge in [0.05, 0.1) is 0 Å². The SMILES string of the molecule is C=C=C(C=C)CC=C(C)C. The minimum Gasteiger partial charge on any atom is -0.125 e. The molecule has 0 aromatic heterocycles. The zero-order chi connectivity index (χ0) is 7.98. The van der Waals surface area contributed by atoms with Gasteiger partial charge < -0.3 is 0 Å². The first-order chi connectivity index (χ1) is 4.70. The van der Waals surface area contributed by atoms with Gasteiger partial charge in [-0.05, 0) is 25.8 Å². The Bertz CT molecular complexity index is 184. The highest BCUT2D eigenvalue weighted by atomic mass is 13.9. The molecular weight excluding hydrogens is 120 g/mol. The molecule has 0 aromatic carbocycles. The Morgan fingerprint density at radius 3 is 2.40 bits per heavy atom. The monoisotopic (exact) mass is 134 g/mol. The molecule has 0 bridgehead atoms. The van der Waals surface area contributed by atoms with Gasteiger partial charge in [-0.2, -0.15) is 0 Å². The van der Waals surface area contributed by atoms with E-state index in [2.05, 4.69) is 38.8 Å². The molecule has 0 fully saturated rings. The zero-order valence-corrected chi connectivity index (χ0v) is 6.78. The molecule has 0 aromatic rings. The van der Waals surface area contributed by atoms with Crippen molar-refractivity contribution in [3.63, 3.8) is 0 Å². The fourth-order valence-electron chi connectivity index (χ4n) is 0.542. The van der Waals surface area contributed by atoms with Crippen molar-refractivity contribution in [2.45, 2.75) is 20.3 Å². The molecule has 0 atom stereocenters. The van der Waals surface area contributed by atoms with Crippen LogP contribution in [-0.4, -0.2) is 0 Å². The molecule has 54 valence electrons. The molecule has 0 radical (unpaired) electrons. The van der Waals surface area contributed by atoms with E-state index in [0.717, 1.165) is 12.0 Å². The third kappa shape index (κ3) is 3.94. The number of hydrogen-bond acceptors (Lipinski definition) is 0. The fourth-order valence-corrected chi connectivity index (χ4v) is 0.542. The van der Waals surface area contributed by atoms with Crippen LogP contribution in [0.2, 0.25) is 0 Å². The van der Waals surface area contributed by atoms with Crippen LogP contribution in [0.1, 0.15) is 20.3 Å². The second kappa shape index (κ2) is 4.84. The van der Waals surface area contributed by atoms with Crippen LogP contribution >= 0.6 is 0 Å². The standard InChI is InChI=1S/C10H14/c1-5-10(6-2)8-7-9(3)4/h5,7H,1-2,8H2,3-4H3. The molecule has 0 heterocycles. The van der Waals surface area contributed by atoms with E-state index in [0.29, 0.717) is 0 Å². The minimum absolute atomic E-state index is 0.898. The predicted molar refractivity (Wildman–Crippen MR) is 46.9 cm³/mol.